The third-order valence-corrected chi connectivity index (χ3v) is 5.36. The van der Waals surface area contributed by atoms with Gasteiger partial charge < -0.3 is 0 Å². The van der Waals surface area contributed by atoms with E-state index in [1.54, 1.807) is 12.1 Å². The molecule has 1 aromatic heterocycles. The maximum Gasteiger partial charge on any atom is 0.265 e. The van der Waals surface area contributed by atoms with E-state index in [1.165, 1.54) is 0 Å². The first kappa shape index (κ1) is 16.2. The van der Waals surface area contributed by atoms with Crippen molar-refractivity contribution in [2.45, 2.75) is 4.90 Å². The Morgan fingerprint density at radius 3 is 2.05 bits per heavy atom. The number of nitrogens with one attached hydrogen (secondary N) is 1. The van der Waals surface area contributed by atoms with Crippen molar-refractivity contribution in [2.75, 3.05) is 4.72 Å². The minimum Gasteiger partial charge on any atom is -0.277 e. The summed E-state index contributed by atoms with van der Waals surface area (Å²) in [7, 11) is -3.80. The van der Waals surface area contributed by atoms with Crippen LogP contribution in [0.15, 0.2) is 42.8 Å². The van der Waals surface area contributed by atoms with Gasteiger partial charge in [-0.2, -0.15) is 0 Å². The first-order valence-corrected chi connectivity index (χ1v) is 9.18. The zero-order valence-electron chi connectivity index (χ0n) is 9.44. The molecule has 0 aliphatic heterocycles. The fourth-order valence-electron chi connectivity index (χ4n) is 1.27. The van der Waals surface area contributed by atoms with Crippen LogP contribution in [0.2, 0.25) is 5.28 Å². The normalized spacial score (nSPS) is 11.4. The van der Waals surface area contributed by atoms with E-state index in [1.807, 2.05) is 0 Å². The Morgan fingerprint density at radius 1 is 1.05 bits per heavy atom. The standard InChI is InChI=1S/C10H5Br3ClN3O2S/c11-5-1-7(12)9(8(13)2-5)17-20(18,19)6-3-15-10(14)16-4-6/h1-4,17H. The van der Waals surface area contributed by atoms with Gasteiger partial charge in [0.05, 0.1) is 18.1 Å². The van der Waals surface area contributed by atoms with Gasteiger partial charge in [-0.3, -0.25) is 4.72 Å². The lowest BCUT2D eigenvalue weighted by Crippen LogP contribution is -2.14. The SMILES string of the molecule is O=S(=O)(Nc1c(Br)cc(Br)cc1Br)c1cnc(Cl)nc1. The molecule has 0 fully saturated rings. The van der Waals surface area contributed by atoms with Gasteiger partial charge in [0.2, 0.25) is 5.28 Å². The molecule has 0 saturated heterocycles. The van der Waals surface area contributed by atoms with Crippen molar-refractivity contribution >= 4 is 75.1 Å². The van der Waals surface area contributed by atoms with Gasteiger partial charge in [0.15, 0.2) is 0 Å². The number of hydrogen-bond acceptors (Lipinski definition) is 4. The van der Waals surface area contributed by atoms with Crippen LogP contribution >= 0.6 is 59.4 Å². The molecule has 20 heavy (non-hydrogen) atoms. The van der Waals surface area contributed by atoms with E-state index in [9.17, 15) is 8.42 Å². The summed E-state index contributed by atoms with van der Waals surface area (Å²) < 4.78 is 28.8. The number of aromatic nitrogens is 2. The highest BCUT2D eigenvalue weighted by molar-refractivity contribution is 9.11. The summed E-state index contributed by atoms with van der Waals surface area (Å²) >= 11 is 15.4. The first-order chi connectivity index (χ1) is 9.29. The Bertz CT molecular complexity index is 730. The summed E-state index contributed by atoms with van der Waals surface area (Å²) in [6.07, 6.45) is 2.27. The third-order valence-electron chi connectivity index (χ3n) is 2.15. The van der Waals surface area contributed by atoms with Gasteiger partial charge >= 0.3 is 0 Å². The van der Waals surface area contributed by atoms with E-state index >= 15 is 0 Å². The highest BCUT2D eigenvalue weighted by Gasteiger charge is 2.18. The van der Waals surface area contributed by atoms with Gasteiger partial charge in [0.25, 0.3) is 10.0 Å². The molecule has 1 N–H and O–H groups in total. The van der Waals surface area contributed by atoms with Gasteiger partial charge in [-0.25, -0.2) is 18.4 Å². The van der Waals surface area contributed by atoms with E-state index in [2.05, 4.69) is 62.5 Å². The molecule has 0 aliphatic rings. The Kier molecular flexibility index (Phi) is 5.06. The lowest BCUT2D eigenvalue weighted by Gasteiger charge is -2.11. The average Bonchev–Trinajstić information content (AvgIpc) is 2.34. The predicted molar refractivity (Wildman–Crippen MR) is 87.4 cm³/mol. The molecule has 0 bridgehead atoms. The molecule has 106 valence electrons. The first-order valence-electron chi connectivity index (χ1n) is 4.94. The predicted octanol–water partition coefficient (Wildman–Crippen LogP) is 4.22. The maximum absolute atomic E-state index is 12.2. The molecular formula is C10H5Br3ClN3O2S. The second kappa shape index (κ2) is 6.27. The number of hydrogen-bond donors (Lipinski definition) is 1. The molecule has 0 unspecified atom stereocenters. The lowest BCUT2D eigenvalue weighted by atomic mass is 10.3. The molecule has 0 radical (unpaired) electrons. The topological polar surface area (TPSA) is 72.0 Å². The summed E-state index contributed by atoms with van der Waals surface area (Å²) in [4.78, 5) is 7.22. The number of rotatable bonds is 3. The second-order valence-corrected chi connectivity index (χ2v) is 8.18. The average molecular weight is 506 g/mol. The number of benzene rings is 1. The molecule has 0 aliphatic carbocycles. The van der Waals surface area contributed by atoms with E-state index < -0.39 is 10.0 Å². The van der Waals surface area contributed by atoms with Crippen LogP contribution in [0.4, 0.5) is 5.69 Å². The highest BCUT2D eigenvalue weighted by Crippen LogP contribution is 2.35. The molecule has 0 spiro atoms. The van der Waals surface area contributed by atoms with E-state index in [0.717, 1.165) is 16.9 Å². The van der Waals surface area contributed by atoms with Crippen molar-refractivity contribution in [1.29, 1.82) is 0 Å². The van der Waals surface area contributed by atoms with Crippen molar-refractivity contribution in [3.8, 4) is 0 Å². The van der Waals surface area contributed by atoms with Crippen LogP contribution in [0, 0.1) is 0 Å². The Labute approximate surface area is 145 Å². The molecule has 1 heterocycles. The van der Waals surface area contributed by atoms with Crippen LogP contribution < -0.4 is 4.72 Å². The third kappa shape index (κ3) is 3.70. The molecular weight excluding hydrogens is 501 g/mol. The van der Waals surface area contributed by atoms with Crippen LogP contribution in [0.1, 0.15) is 0 Å². The van der Waals surface area contributed by atoms with Gasteiger partial charge in [-0.15, -0.1) is 0 Å². The summed E-state index contributed by atoms with van der Waals surface area (Å²) in [5.41, 5.74) is 0.378. The van der Waals surface area contributed by atoms with E-state index in [4.69, 9.17) is 11.6 Å². The van der Waals surface area contributed by atoms with E-state index in [-0.39, 0.29) is 10.2 Å². The molecule has 2 rings (SSSR count). The zero-order valence-corrected chi connectivity index (χ0v) is 15.8. The number of anilines is 1. The summed E-state index contributed by atoms with van der Waals surface area (Å²) in [6, 6.07) is 3.45. The van der Waals surface area contributed by atoms with Crippen molar-refractivity contribution in [2.24, 2.45) is 0 Å². The van der Waals surface area contributed by atoms with Crippen molar-refractivity contribution in [3.63, 3.8) is 0 Å². The van der Waals surface area contributed by atoms with Crippen LogP contribution in [0.25, 0.3) is 0 Å². The van der Waals surface area contributed by atoms with Gasteiger partial charge in [-0.05, 0) is 55.6 Å². The lowest BCUT2D eigenvalue weighted by molar-refractivity contribution is 0.600. The number of sulfonamides is 1. The molecule has 1 aromatic carbocycles. The molecule has 0 saturated carbocycles. The Balaban J connectivity index is 2.41. The fourth-order valence-corrected chi connectivity index (χ4v) is 5.08. The van der Waals surface area contributed by atoms with E-state index in [0.29, 0.717) is 14.6 Å². The second-order valence-electron chi connectivity index (χ2n) is 3.54. The van der Waals surface area contributed by atoms with Gasteiger partial charge in [0, 0.05) is 13.4 Å². The fraction of sp³-hybridized carbons (Fsp3) is 0. The Hall–Kier alpha value is -0.220. The van der Waals surface area contributed by atoms with Crippen LogP contribution in [-0.4, -0.2) is 18.4 Å². The van der Waals surface area contributed by atoms with Crippen LogP contribution in [-0.2, 0) is 10.0 Å². The smallest absolute Gasteiger partial charge is 0.265 e. The zero-order chi connectivity index (χ0) is 14.9. The highest BCUT2D eigenvalue weighted by atomic mass is 79.9. The molecule has 2 aromatic rings. The summed E-state index contributed by atoms with van der Waals surface area (Å²) in [6.45, 7) is 0. The number of halogens is 4. The maximum atomic E-state index is 12.2. The van der Waals surface area contributed by atoms with Crippen molar-refractivity contribution in [1.82, 2.24) is 9.97 Å². The summed E-state index contributed by atoms with van der Waals surface area (Å²) in [5.74, 6) is 0. The molecule has 0 atom stereocenters. The van der Waals surface area contributed by atoms with Crippen LogP contribution in [0.5, 0.6) is 0 Å². The van der Waals surface area contributed by atoms with Crippen LogP contribution in [0.3, 0.4) is 0 Å². The minimum absolute atomic E-state index is 0.0186. The molecule has 5 nitrogen and oxygen atoms in total. The van der Waals surface area contributed by atoms with Gasteiger partial charge in [-0.1, -0.05) is 15.9 Å². The van der Waals surface area contributed by atoms with Crippen molar-refractivity contribution in [3.05, 3.63) is 43.2 Å². The Morgan fingerprint density at radius 2 is 1.55 bits per heavy atom. The van der Waals surface area contributed by atoms with Gasteiger partial charge in [0.1, 0.15) is 4.90 Å². The van der Waals surface area contributed by atoms with Crippen molar-refractivity contribution < 1.29 is 8.42 Å². The largest absolute Gasteiger partial charge is 0.277 e. The number of nitrogens with zero attached hydrogens (tertiary/aromatic N) is 2. The summed E-state index contributed by atoms with van der Waals surface area (Å²) in [5, 5.41) is -0.0186. The minimum atomic E-state index is -3.80. The quantitative estimate of drug-likeness (QED) is 0.633. The molecule has 0 amide bonds. The molecule has 10 heteroatoms. The monoisotopic (exact) mass is 503 g/mol.